The fourth-order valence-corrected chi connectivity index (χ4v) is 4.48. The fraction of sp³-hybridized carbons (Fsp3) is 0.214. The largest absolute Gasteiger partial charge is 0.481 e. The van der Waals surface area contributed by atoms with Crippen molar-refractivity contribution >= 4 is 28.5 Å². The van der Waals surface area contributed by atoms with Gasteiger partial charge in [-0.05, 0) is 80.6 Å². The predicted molar refractivity (Wildman–Crippen MR) is 137 cm³/mol. The van der Waals surface area contributed by atoms with E-state index in [2.05, 4.69) is 4.90 Å². The highest BCUT2D eigenvalue weighted by Crippen LogP contribution is 2.36. The number of hydrogen-bond acceptors (Lipinski definition) is 4. The van der Waals surface area contributed by atoms with E-state index in [4.69, 9.17) is 4.74 Å². The van der Waals surface area contributed by atoms with Crippen molar-refractivity contribution in [2.75, 3.05) is 18.0 Å². The lowest BCUT2D eigenvalue weighted by Gasteiger charge is -2.21. The molecular formula is C28H25F3N2O5. The number of carboxylic acids is 2. The van der Waals surface area contributed by atoms with Gasteiger partial charge in [-0.3, -0.25) is 4.79 Å². The number of carboxylic acid groups (broad SMARTS) is 2. The van der Waals surface area contributed by atoms with E-state index in [1.165, 1.54) is 18.2 Å². The Balaban J connectivity index is 1.82. The average molecular weight is 527 g/mol. The Kier molecular flexibility index (Phi) is 7.34. The molecule has 0 radical (unpaired) electrons. The van der Waals surface area contributed by atoms with E-state index in [0.717, 1.165) is 30.9 Å². The number of nitrogens with zero attached hydrogens (tertiary/aromatic N) is 2. The SMILES string of the molecule is CCN(CC)c1ccc(-n2c(CC(=O)O)c(C(=O)O)c3cc(Oc4ccc(C(F)(F)F)cc4)ccc32)cc1. The van der Waals surface area contributed by atoms with Gasteiger partial charge in [0.15, 0.2) is 0 Å². The summed E-state index contributed by atoms with van der Waals surface area (Å²) in [5.74, 6) is -2.18. The third kappa shape index (κ3) is 5.29. The molecule has 1 heterocycles. The lowest BCUT2D eigenvalue weighted by molar-refractivity contribution is -0.138. The molecule has 0 aliphatic heterocycles. The minimum absolute atomic E-state index is 0.0854. The van der Waals surface area contributed by atoms with Crippen LogP contribution in [-0.4, -0.2) is 39.8 Å². The third-order valence-electron chi connectivity index (χ3n) is 6.22. The summed E-state index contributed by atoms with van der Waals surface area (Å²) in [4.78, 5) is 26.2. The molecule has 0 unspecified atom stereocenters. The molecule has 198 valence electrons. The summed E-state index contributed by atoms with van der Waals surface area (Å²) in [6.45, 7) is 5.67. The van der Waals surface area contributed by atoms with E-state index in [1.54, 1.807) is 28.8 Å². The Morgan fingerprint density at radius 3 is 2.03 bits per heavy atom. The van der Waals surface area contributed by atoms with Crippen LogP contribution in [0.15, 0.2) is 66.7 Å². The summed E-state index contributed by atoms with van der Waals surface area (Å²) in [6.07, 6.45) is -5.02. The summed E-state index contributed by atoms with van der Waals surface area (Å²) in [5, 5.41) is 19.8. The molecule has 0 aliphatic rings. The zero-order valence-corrected chi connectivity index (χ0v) is 20.6. The number of aromatic nitrogens is 1. The number of alkyl halides is 3. The Bertz CT molecular complexity index is 1470. The number of fused-ring (bicyclic) bond motifs is 1. The van der Waals surface area contributed by atoms with Gasteiger partial charge in [0, 0.05) is 35.5 Å². The highest BCUT2D eigenvalue weighted by Gasteiger charge is 2.30. The van der Waals surface area contributed by atoms with Crippen LogP contribution in [-0.2, 0) is 17.4 Å². The topological polar surface area (TPSA) is 92.0 Å². The molecule has 4 rings (SSSR count). The monoisotopic (exact) mass is 526 g/mol. The van der Waals surface area contributed by atoms with Crippen molar-refractivity contribution in [2.45, 2.75) is 26.4 Å². The van der Waals surface area contributed by atoms with Crippen LogP contribution in [0, 0.1) is 0 Å². The number of anilines is 1. The van der Waals surface area contributed by atoms with Gasteiger partial charge in [0.05, 0.1) is 23.1 Å². The maximum absolute atomic E-state index is 12.9. The van der Waals surface area contributed by atoms with Crippen LogP contribution in [0.2, 0.25) is 0 Å². The molecule has 0 fully saturated rings. The zero-order valence-electron chi connectivity index (χ0n) is 20.6. The van der Waals surface area contributed by atoms with E-state index in [1.807, 2.05) is 26.0 Å². The number of aliphatic carboxylic acids is 1. The minimum atomic E-state index is -4.49. The van der Waals surface area contributed by atoms with E-state index < -0.39 is 30.1 Å². The molecule has 1 aromatic heterocycles. The van der Waals surface area contributed by atoms with Crippen LogP contribution >= 0.6 is 0 Å². The second kappa shape index (κ2) is 10.5. The smallest absolute Gasteiger partial charge is 0.416 e. The Hall–Kier alpha value is -4.47. The summed E-state index contributed by atoms with van der Waals surface area (Å²) in [5.41, 5.74) is 1.09. The molecule has 38 heavy (non-hydrogen) atoms. The number of halogens is 3. The Morgan fingerprint density at radius 2 is 1.50 bits per heavy atom. The van der Waals surface area contributed by atoms with Crippen LogP contribution in [0.3, 0.4) is 0 Å². The first kappa shape index (κ1) is 26.6. The van der Waals surface area contributed by atoms with Crippen LogP contribution in [0.5, 0.6) is 11.5 Å². The lowest BCUT2D eigenvalue weighted by atomic mass is 10.1. The molecule has 10 heteroatoms. The van der Waals surface area contributed by atoms with Gasteiger partial charge < -0.3 is 24.4 Å². The van der Waals surface area contributed by atoms with Gasteiger partial charge in [0.2, 0.25) is 0 Å². The van der Waals surface area contributed by atoms with Crippen LogP contribution in [0.25, 0.3) is 16.6 Å². The number of carbonyl (C=O) groups is 2. The van der Waals surface area contributed by atoms with Gasteiger partial charge in [0.1, 0.15) is 11.5 Å². The lowest BCUT2D eigenvalue weighted by Crippen LogP contribution is -2.21. The molecule has 3 aromatic carbocycles. The maximum Gasteiger partial charge on any atom is 0.416 e. The van der Waals surface area contributed by atoms with E-state index >= 15 is 0 Å². The normalized spacial score (nSPS) is 11.5. The first-order valence-corrected chi connectivity index (χ1v) is 11.9. The number of hydrogen-bond donors (Lipinski definition) is 2. The van der Waals surface area contributed by atoms with Gasteiger partial charge in [0.25, 0.3) is 0 Å². The van der Waals surface area contributed by atoms with Crippen molar-refractivity contribution in [1.29, 1.82) is 0 Å². The van der Waals surface area contributed by atoms with Crippen molar-refractivity contribution < 1.29 is 37.7 Å². The van der Waals surface area contributed by atoms with Crippen molar-refractivity contribution in [1.82, 2.24) is 4.57 Å². The van der Waals surface area contributed by atoms with Gasteiger partial charge in [-0.15, -0.1) is 0 Å². The van der Waals surface area contributed by atoms with Crippen LogP contribution < -0.4 is 9.64 Å². The quantitative estimate of drug-likeness (QED) is 0.255. The first-order chi connectivity index (χ1) is 18.0. The average Bonchev–Trinajstić information content (AvgIpc) is 3.17. The molecule has 0 atom stereocenters. The molecule has 0 spiro atoms. The second-order valence-corrected chi connectivity index (χ2v) is 8.52. The summed E-state index contributed by atoms with van der Waals surface area (Å²) in [6, 6.07) is 16.1. The Labute approximate surface area is 216 Å². The van der Waals surface area contributed by atoms with Gasteiger partial charge >= 0.3 is 18.1 Å². The zero-order chi connectivity index (χ0) is 27.6. The van der Waals surface area contributed by atoms with Crippen molar-refractivity contribution in [2.24, 2.45) is 0 Å². The molecule has 0 saturated carbocycles. The van der Waals surface area contributed by atoms with Crippen molar-refractivity contribution in [3.05, 3.63) is 83.6 Å². The van der Waals surface area contributed by atoms with E-state index in [9.17, 15) is 33.0 Å². The summed E-state index contributed by atoms with van der Waals surface area (Å²) in [7, 11) is 0. The molecule has 0 saturated heterocycles. The van der Waals surface area contributed by atoms with Gasteiger partial charge in [-0.1, -0.05) is 0 Å². The number of aromatic carboxylic acids is 1. The maximum atomic E-state index is 12.9. The molecule has 2 N–H and O–H groups in total. The minimum Gasteiger partial charge on any atom is -0.481 e. The standard InChI is InChI=1S/C28H25F3N2O5/c1-3-32(4-2)18-7-9-19(10-8-18)33-23-14-13-21(38-20-11-5-17(6-12-20)28(29,30)31)15-22(23)26(27(36)37)24(33)16-25(34)35/h5-15H,3-4,16H2,1-2H3,(H,34,35)(H,36,37). The predicted octanol–water partition coefficient (Wildman–Crippen LogP) is 6.61. The summed E-state index contributed by atoms with van der Waals surface area (Å²) >= 11 is 0. The van der Waals surface area contributed by atoms with Crippen LogP contribution in [0.4, 0.5) is 18.9 Å². The molecule has 7 nitrogen and oxygen atoms in total. The Morgan fingerprint density at radius 1 is 0.895 bits per heavy atom. The van der Waals surface area contributed by atoms with Crippen molar-refractivity contribution in [3.63, 3.8) is 0 Å². The highest BCUT2D eigenvalue weighted by atomic mass is 19.4. The number of ether oxygens (including phenoxy) is 1. The second-order valence-electron chi connectivity index (χ2n) is 8.52. The highest BCUT2D eigenvalue weighted by molar-refractivity contribution is 6.07. The third-order valence-corrected chi connectivity index (χ3v) is 6.22. The van der Waals surface area contributed by atoms with Crippen molar-refractivity contribution in [3.8, 4) is 17.2 Å². The first-order valence-electron chi connectivity index (χ1n) is 11.9. The molecule has 0 bridgehead atoms. The van der Waals surface area contributed by atoms with E-state index in [-0.39, 0.29) is 28.1 Å². The number of benzene rings is 3. The summed E-state index contributed by atoms with van der Waals surface area (Å²) < 4.78 is 45.9. The number of rotatable bonds is 9. The van der Waals surface area contributed by atoms with E-state index in [0.29, 0.717) is 11.2 Å². The van der Waals surface area contributed by atoms with Gasteiger partial charge in [-0.25, -0.2) is 4.79 Å². The molecular weight excluding hydrogens is 501 g/mol. The van der Waals surface area contributed by atoms with Gasteiger partial charge in [-0.2, -0.15) is 13.2 Å². The fourth-order valence-electron chi connectivity index (χ4n) is 4.48. The molecule has 0 amide bonds. The molecule has 0 aliphatic carbocycles. The van der Waals surface area contributed by atoms with Crippen LogP contribution in [0.1, 0.15) is 35.5 Å². The molecule has 4 aromatic rings.